The Morgan fingerprint density at radius 2 is 1.56 bits per heavy atom. The summed E-state index contributed by atoms with van der Waals surface area (Å²) in [5.74, 6) is 0.837. The Morgan fingerprint density at radius 1 is 0.906 bits per heavy atom. The van der Waals surface area contributed by atoms with Crippen LogP contribution in [0.4, 0.5) is 11.4 Å². The highest BCUT2D eigenvalue weighted by atomic mass is 35.5. The Hall–Kier alpha value is -2.81. The minimum Gasteiger partial charge on any atom is -0.489 e. The summed E-state index contributed by atoms with van der Waals surface area (Å²) in [6.07, 6.45) is 0.929. The predicted molar refractivity (Wildman–Crippen MR) is 122 cm³/mol. The zero-order chi connectivity index (χ0) is 22.3. The molecular formula is C23H26ClN3O5. The van der Waals surface area contributed by atoms with Crippen molar-refractivity contribution >= 4 is 34.8 Å². The number of hydrogen-bond acceptors (Lipinski definition) is 6. The van der Waals surface area contributed by atoms with Gasteiger partial charge in [0, 0.05) is 30.9 Å². The Balaban J connectivity index is 1.29. The zero-order valence-corrected chi connectivity index (χ0v) is 18.5. The molecule has 0 aliphatic carbocycles. The first-order valence-corrected chi connectivity index (χ1v) is 11.0. The zero-order valence-electron chi connectivity index (χ0n) is 17.7. The Bertz CT molecular complexity index is 961. The summed E-state index contributed by atoms with van der Waals surface area (Å²) in [4.78, 5) is 26.8. The van der Waals surface area contributed by atoms with Gasteiger partial charge in [0.15, 0.2) is 11.5 Å². The summed E-state index contributed by atoms with van der Waals surface area (Å²) < 4.78 is 16.6. The van der Waals surface area contributed by atoms with Gasteiger partial charge in [-0.3, -0.25) is 14.5 Å². The van der Waals surface area contributed by atoms with Gasteiger partial charge in [-0.2, -0.15) is 0 Å². The fourth-order valence-corrected chi connectivity index (χ4v) is 3.86. The number of anilines is 2. The van der Waals surface area contributed by atoms with E-state index >= 15 is 0 Å². The van der Waals surface area contributed by atoms with Gasteiger partial charge >= 0.3 is 0 Å². The lowest BCUT2D eigenvalue weighted by Gasteiger charge is -2.25. The van der Waals surface area contributed by atoms with Gasteiger partial charge in [0.1, 0.15) is 0 Å². The van der Waals surface area contributed by atoms with Crippen molar-refractivity contribution in [3.8, 4) is 11.5 Å². The van der Waals surface area contributed by atoms with Gasteiger partial charge in [-0.15, -0.1) is 0 Å². The highest BCUT2D eigenvalue weighted by Gasteiger charge is 2.17. The van der Waals surface area contributed by atoms with E-state index in [1.165, 1.54) is 0 Å². The number of morpholine rings is 1. The number of nitrogens with zero attached hydrogens (tertiary/aromatic N) is 1. The summed E-state index contributed by atoms with van der Waals surface area (Å²) in [7, 11) is 0. The third-order valence-corrected chi connectivity index (χ3v) is 5.43. The van der Waals surface area contributed by atoms with Crippen molar-refractivity contribution in [2.45, 2.75) is 12.8 Å². The standard InChI is InChI=1S/C23H26ClN3O5/c24-19-12-16(13-20-23(19)32-9-1-8-31-20)14-21(28)25-17-2-4-18(5-3-17)26-22(29)15-27-6-10-30-11-7-27/h2-5,12-13H,1,6-11,14-15H2,(H,25,28)(H,26,29). The molecule has 1 fully saturated rings. The number of nitrogens with one attached hydrogen (secondary N) is 2. The smallest absolute Gasteiger partial charge is 0.238 e. The number of hydrogen-bond donors (Lipinski definition) is 2. The van der Waals surface area contributed by atoms with Gasteiger partial charge in [-0.1, -0.05) is 11.6 Å². The third-order valence-electron chi connectivity index (χ3n) is 5.15. The molecule has 2 aliphatic heterocycles. The maximum atomic E-state index is 12.5. The van der Waals surface area contributed by atoms with Gasteiger partial charge in [0.25, 0.3) is 0 Å². The topological polar surface area (TPSA) is 89.1 Å². The lowest BCUT2D eigenvalue weighted by atomic mass is 10.1. The Morgan fingerprint density at radius 3 is 2.28 bits per heavy atom. The van der Waals surface area contributed by atoms with E-state index in [9.17, 15) is 9.59 Å². The van der Waals surface area contributed by atoms with Crippen LogP contribution in [0, 0.1) is 0 Å². The summed E-state index contributed by atoms with van der Waals surface area (Å²) in [5.41, 5.74) is 2.06. The van der Waals surface area contributed by atoms with Crippen LogP contribution < -0.4 is 20.1 Å². The molecule has 0 radical (unpaired) electrons. The first-order valence-electron chi connectivity index (χ1n) is 10.6. The molecule has 170 valence electrons. The second-order valence-electron chi connectivity index (χ2n) is 7.69. The van der Waals surface area contributed by atoms with E-state index < -0.39 is 0 Å². The first-order chi connectivity index (χ1) is 15.6. The lowest BCUT2D eigenvalue weighted by molar-refractivity contribution is -0.118. The summed E-state index contributed by atoms with van der Waals surface area (Å²) in [6, 6.07) is 10.5. The molecule has 32 heavy (non-hydrogen) atoms. The molecule has 0 aromatic heterocycles. The number of carbonyl (C=O) groups is 2. The van der Waals surface area contributed by atoms with Crippen LogP contribution in [0.25, 0.3) is 0 Å². The van der Waals surface area contributed by atoms with Crippen LogP contribution in [0.1, 0.15) is 12.0 Å². The van der Waals surface area contributed by atoms with E-state index in [1.807, 2.05) is 0 Å². The molecule has 0 atom stereocenters. The van der Waals surface area contributed by atoms with Gasteiger partial charge in [-0.25, -0.2) is 0 Å². The molecule has 1 saturated heterocycles. The van der Waals surface area contributed by atoms with Crippen LogP contribution in [0.5, 0.6) is 11.5 Å². The van der Waals surface area contributed by atoms with Crippen molar-refractivity contribution < 1.29 is 23.8 Å². The second kappa shape index (κ2) is 10.7. The van der Waals surface area contributed by atoms with E-state index in [2.05, 4.69) is 15.5 Å². The van der Waals surface area contributed by atoms with Crippen LogP contribution in [0.2, 0.25) is 5.02 Å². The van der Waals surface area contributed by atoms with Crippen molar-refractivity contribution in [2.75, 3.05) is 56.7 Å². The molecule has 2 N–H and O–H groups in total. The van der Waals surface area contributed by atoms with E-state index in [0.717, 1.165) is 25.1 Å². The Labute approximate surface area is 191 Å². The van der Waals surface area contributed by atoms with Crippen LogP contribution in [0.15, 0.2) is 36.4 Å². The largest absolute Gasteiger partial charge is 0.489 e. The predicted octanol–water partition coefficient (Wildman–Crippen LogP) is 2.95. The molecule has 2 aliphatic rings. The monoisotopic (exact) mass is 459 g/mol. The molecule has 9 heteroatoms. The highest BCUT2D eigenvalue weighted by molar-refractivity contribution is 6.32. The normalized spacial score (nSPS) is 16.2. The molecule has 2 amide bonds. The minimum atomic E-state index is -0.181. The number of ether oxygens (including phenoxy) is 3. The summed E-state index contributed by atoms with van der Waals surface area (Å²) >= 11 is 6.30. The number of carbonyl (C=O) groups excluding carboxylic acids is 2. The molecule has 4 rings (SSSR count). The Kier molecular flexibility index (Phi) is 7.47. The summed E-state index contributed by atoms with van der Waals surface area (Å²) in [6.45, 7) is 4.25. The molecule has 0 spiro atoms. The molecule has 2 aromatic rings. The summed E-state index contributed by atoms with van der Waals surface area (Å²) in [5, 5.41) is 6.17. The van der Waals surface area contributed by atoms with Gasteiger partial charge in [0.2, 0.25) is 11.8 Å². The van der Waals surface area contributed by atoms with E-state index in [1.54, 1.807) is 36.4 Å². The van der Waals surface area contributed by atoms with E-state index in [4.69, 9.17) is 25.8 Å². The number of fused-ring (bicyclic) bond motifs is 1. The maximum absolute atomic E-state index is 12.5. The van der Waals surface area contributed by atoms with Crippen LogP contribution in [-0.4, -0.2) is 62.8 Å². The SMILES string of the molecule is O=C(Cc1cc(Cl)c2c(c1)OCCCO2)Nc1ccc(NC(=O)CN2CCOCC2)cc1. The lowest BCUT2D eigenvalue weighted by Crippen LogP contribution is -2.41. The number of halogens is 1. The van der Waals surface area contributed by atoms with Crippen LogP contribution in [0.3, 0.4) is 0 Å². The maximum Gasteiger partial charge on any atom is 0.238 e. The van der Waals surface area contributed by atoms with Gasteiger partial charge < -0.3 is 24.8 Å². The molecular weight excluding hydrogens is 434 g/mol. The number of amides is 2. The first kappa shape index (κ1) is 22.4. The molecule has 2 heterocycles. The van der Waals surface area contributed by atoms with Crippen molar-refractivity contribution in [1.29, 1.82) is 0 Å². The number of benzene rings is 2. The van der Waals surface area contributed by atoms with Crippen LogP contribution >= 0.6 is 11.6 Å². The van der Waals surface area contributed by atoms with Gasteiger partial charge in [-0.05, 0) is 42.0 Å². The van der Waals surface area contributed by atoms with Crippen molar-refractivity contribution in [3.05, 3.63) is 47.0 Å². The quantitative estimate of drug-likeness (QED) is 0.690. The average molecular weight is 460 g/mol. The van der Waals surface area contributed by atoms with E-state index in [0.29, 0.717) is 60.9 Å². The van der Waals surface area contributed by atoms with Crippen molar-refractivity contribution in [2.24, 2.45) is 0 Å². The van der Waals surface area contributed by atoms with Crippen molar-refractivity contribution in [3.63, 3.8) is 0 Å². The van der Waals surface area contributed by atoms with Crippen LogP contribution in [-0.2, 0) is 20.7 Å². The molecule has 8 nitrogen and oxygen atoms in total. The molecule has 0 bridgehead atoms. The minimum absolute atomic E-state index is 0.0741. The highest BCUT2D eigenvalue weighted by Crippen LogP contribution is 2.38. The average Bonchev–Trinajstić information content (AvgIpc) is 3.02. The fraction of sp³-hybridized carbons (Fsp3) is 0.391. The molecule has 0 saturated carbocycles. The van der Waals surface area contributed by atoms with Crippen molar-refractivity contribution in [1.82, 2.24) is 4.90 Å². The molecule has 0 unspecified atom stereocenters. The fourth-order valence-electron chi connectivity index (χ4n) is 3.58. The molecule has 2 aromatic carbocycles. The second-order valence-corrected chi connectivity index (χ2v) is 8.10. The third kappa shape index (κ3) is 6.12. The number of rotatable bonds is 6. The van der Waals surface area contributed by atoms with E-state index in [-0.39, 0.29) is 18.2 Å². The van der Waals surface area contributed by atoms with Gasteiger partial charge in [0.05, 0.1) is 44.4 Å².